The Labute approximate surface area is 128 Å². The summed E-state index contributed by atoms with van der Waals surface area (Å²) in [7, 11) is -3.68. The number of nitrogens with one attached hydrogen (secondary N) is 1. The van der Waals surface area contributed by atoms with Gasteiger partial charge in [0.2, 0.25) is 0 Å². The first kappa shape index (κ1) is 14.7. The number of anilines is 2. The summed E-state index contributed by atoms with van der Waals surface area (Å²) < 4.78 is 28.4. The first-order valence-electron chi connectivity index (χ1n) is 6.85. The van der Waals surface area contributed by atoms with Crippen molar-refractivity contribution in [3.05, 3.63) is 18.2 Å². The fourth-order valence-corrected chi connectivity index (χ4v) is 4.50. The lowest BCUT2D eigenvalue weighted by molar-refractivity contribution is 0.323. The maximum atomic E-state index is 12.3. The number of benzene rings is 1. The number of hydrogen-bond acceptors (Lipinski definition) is 6. The minimum atomic E-state index is -3.68. The molecule has 0 atom stereocenters. The molecule has 0 bridgehead atoms. The van der Waals surface area contributed by atoms with E-state index in [0.717, 1.165) is 31.6 Å². The summed E-state index contributed by atoms with van der Waals surface area (Å²) in [4.78, 5) is 2.41. The molecule has 2 aliphatic heterocycles. The number of rotatable bonds is 3. The SMILES string of the molecule is O=S1(=O)N=C(SCCO)Nc2ccc(N3CCCC3)cc21. The van der Waals surface area contributed by atoms with Gasteiger partial charge in [-0.1, -0.05) is 11.8 Å². The van der Waals surface area contributed by atoms with Crippen molar-refractivity contribution in [2.75, 3.05) is 35.7 Å². The van der Waals surface area contributed by atoms with E-state index in [2.05, 4.69) is 14.6 Å². The van der Waals surface area contributed by atoms with Crippen molar-refractivity contribution >= 4 is 38.3 Å². The van der Waals surface area contributed by atoms with Gasteiger partial charge in [0.1, 0.15) is 4.90 Å². The van der Waals surface area contributed by atoms with Crippen LogP contribution in [0.25, 0.3) is 0 Å². The molecular formula is C13H17N3O3S2. The monoisotopic (exact) mass is 327 g/mol. The Morgan fingerprint density at radius 3 is 2.81 bits per heavy atom. The van der Waals surface area contributed by atoms with Gasteiger partial charge in [-0.3, -0.25) is 0 Å². The zero-order valence-electron chi connectivity index (χ0n) is 11.4. The molecule has 2 N–H and O–H groups in total. The van der Waals surface area contributed by atoms with Gasteiger partial charge in [0, 0.05) is 24.5 Å². The molecule has 2 heterocycles. The zero-order chi connectivity index (χ0) is 14.9. The van der Waals surface area contributed by atoms with Gasteiger partial charge in [-0.15, -0.1) is 4.40 Å². The van der Waals surface area contributed by atoms with E-state index in [1.54, 1.807) is 12.1 Å². The van der Waals surface area contributed by atoms with Crippen molar-refractivity contribution < 1.29 is 13.5 Å². The number of aliphatic hydroxyl groups excluding tert-OH is 1. The van der Waals surface area contributed by atoms with E-state index < -0.39 is 10.0 Å². The van der Waals surface area contributed by atoms with Crippen LogP contribution >= 0.6 is 11.8 Å². The zero-order valence-corrected chi connectivity index (χ0v) is 13.1. The van der Waals surface area contributed by atoms with Crippen LogP contribution in [0.4, 0.5) is 11.4 Å². The van der Waals surface area contributed by atoms with Crippen molar-refractivity contribution in [1.29, 1.82) is 0 Å². The van der Waals surface area contributed by atoms with Crippen LogP contribution in [0.5, 0.6) is 0 Å². The highest BCUT2D eigenvalue weighted by molar-refractivity contribution is 8.14. The average molecular weight is 327 g/mol. The van der Waals surface area contributed by atoms with Crippen LogP contribution in [-0.4, -0.2) is 44.1 Å². The maximum Gasteiger partial charge on any atom is 0.286 e. The average Bonchev–Trinajstić information content (AvgIpc) is 2.98. The van der Waals surface area contributed by atoms with E-state index in [-0.39, 0.29) is 11.5 Å². The van der Waals surface area contributed by atoms with Gasteiger partial charge in [0.05, 0.1) is 12.3 Å². The molecule has 1 fully saturated rings. The minimum Gasteiger partial charge on any atom is -0.396 e. The summed E-state index contributed by atoms with van der Waals surface area (Å²) in [6, 6.07) is 5.42. The van der Waals surface area contributed by atoms with Crippen LogP contribution in [0.3, 0.4) is 0 Å². The minimum absolute atomic E-state index is 0.0217. The molecule has 0 spiro atoms. The second kappa shape index (κ2) is 5.86. The standard InChI is InChI=1S/C13H17N3O3S2/c17-7-8-20-13-14-11-4-3-10(16-5-1-2-6-16)9-12(11)21(18,19)15-13/h3-4,9,17H,1-2,5-8H2,(H,14,15). The van der Waals surface area contributed by atoms with Crippen LogP contribution < -0.4 is 10.2 Å². The quantitative estimate of drug-likeness (QED) is 0.875. The Kier molecular flexibility index (Phi) is 4.10. The summed E-state index contributed by atoms with van der Waals surface area (Å²) in [5.74, 6) is 0.405. The summed E-state index contributed by atoms with van der Waals surface area (Å²) >= 11 is 1.19. The number of amidine groups is 1. The van der Waals surface area contributed by atoms with E-state index >= 15 is 0 Å². The molecule has 1 aromatic carbocycles. The summed E-state index contributed by atoms with van der Waals surface area (Å²) in [6.45, 7) is 1.91. The molecule has 0 unspecified atom stereocenters. The van der Waals surface area contributed by atoms with Gasteiger partial charge >= 0.3 is 0 Å². The largest absolute Gasteiger partial charge is 0.396 e. The number of aliphatic hydroxyl groups is 1. The van der Waals surface area contributed by atoms with Gasteiger partial charge in [0.15, 0.2) is 5.17 Å². The van der Waals surface area contributed by atoms with Crippen molar-refractivity contribution in [3.63, 3.8) is 0 Å². The number of fused-ring (bicyclic) bond motifs is 1. The van der Waals surface area contributed by atoms with Gasteiger partial charge in [-0.2, -0.15) is 8.42 Å². The van der Waals surface area contributed by atoms with Crippen LogP contribution in [-0.2, 0) is 10.0 Å². The molecule has 0 aromatic heterocycles. The molecule has 3 rings (SSSR count). The Hall–Kier alpha value is -1.25. The number of nitrogens with zero attached hydrogens (tertiary/aromatic N) is 2. The highest BCUT2D eigenvalue weighted by Gasteiger charge is 2.26. The first-order chi connectivity index (χ1) is 10.1. The Balaban J connectivity index is 1.92. The van der Waals surface area contributed by atoms with Crippen molar-refractivity contribution in [2.24, 2.45) is 4.40 Å². The highest BCUT2D eigenvalue weighted by Crippen LogP contribution is 2.33. The number of thioether (sulfide) groups is 1. The molecule has 0 aliphatic carbocycles. The molecule has 21 heavy (non-hydrogen) atoms. The number of sulfonamides is 1. The predicted molar refractivity (Wildman–Crippen MR) is 85.7 cm³/mol. The Morgan fingerprint density at radius 1 is 1.33 bits per heavy atom. The summed E-state index contributed by atoms with van der Waals surface area (Å²) in [6.07, 6.45) is 2.28. The second-order valence-corrected chi connectivity index (χ2v) is 7.60. The molecule has 114 valence electrons. The second-order valence-electron chi connectivity index (χ2n) is 4.94. The predicted octanol–water partition coefficient (Wildman–Crippen LogP) is 1.48. The van der Waals surface area contributed by atoms with E-state index in [4.69, 9.17) is 5.11 Å². The third-order valence-electron chi connectivity index (χ3n) is 3.49. The molecule has 0 saturated carbocycles. The topological polar surface area (TPSA) is 82.0 Å². The molecule has 6 nitrogen and oxygen atoms in total. The van der Waals surface area contributed by atoms with Gasteiger partial charge in [-0.25, -0.2) is 0 Å². The van der Waals surface area contributed by atoms with Crippen LogP contribution in [0.2, 0.25) is 0 Å². The molecule has 0 radical (unpaired) electrons. The van der Waals surface area contributed by atoms with Gasteiger partial charge in [0.25, 0.3) is 10.0 Å². The smallest absolute Gasteiger partial charge is 0.286 e. The first-order valence-corrected chi connectivity index (χ1v) is 9.27. The third-order valence-corrected chi connectivity index (χ3v) is 5.77. The fraction of sp³-hybridized carbons (Fsp3) is 0.462. The van der Waals surface area contributed by atoms with E-state index in [1.165, 1.54) is 11.8 Å². The normalized spacial score (nSPS) is 19.9. The van der Waals surface area contributed by atoms with Crippen LogP contribution in [0.15, 0.2) is 27.5 Å². The third kappa shape index (κ3) is 3.02. The maximum absolute atomic E-state index is 12.3. The molecule has 0 amide bonds. The highest BCUT2D eigenvalue weighted by atomic mass is 32.2. The van der Waals surface area contributed by atoms with Crippen molar-refractivity contribution in [3.8, 4) is 0 Å². The molecular weight excluding hydrogens is 310 g/mol. The van der Waals surface area contributed by atoms with E-state index in [1.807, 2.05) is 6.07 Å². The fourth-order valence-electron chi connectivity index (χ4n) is 2.50. The Morgan fingerprint density at radius 2 is 2.10 bits per heavy atom. The molecule has 2 aliphatic rings. The lowest BCUT2D eigenvalue weighted by Crippen LogP contribution is -2.22. The van der Waals surface area contributed by atoms with Crippen LogP contribution in [0, 0.1) is 0 Å². The van der Waals surface area contributed by atoms with Crippen molar-refractivity contribution in [2.45, 2.75) is 17.7 Å². The molecule has 1 aromatic rings. The number of hydrogen-bond donors (Lipinski definition) is 2. The Bertz CT molecular complexity index is 667. The lowest BCUT2D eigenvalue weighted by atomic mass is 10.2. The molecule has 8 heteroatoms. The van der Waals surface area contributed by atoms with E-state index in [0.29, 0.717) is 16.6 Å². The lowest BCUT2D eigenvalue weighted by Gasteiger charge is -2.22. The summed E-state index contributed by atoms with van der Waals surface area (Å²) in [5.41, 5.74) is 1.48. The van der Waals surface area contributed by atoms with Gasteiger partial charge in [-0.05, 0) is 31.0 Å². The van der Waals surface area contributed by atoms with Crippen LogP contribution in [0.1, 0.15) is 12.8 Å². The molecule has 1 saturated heterocycles. The summed E-state index contributed by atoms with van der Waals surface area (Å²) in [5, 5.41) is 12.1. The van der Waals surface area contributed by atoms with Gasteiger partial charge < -0.3 is 15.3 Å². The van der Waals surface area contributed by atoms with E-state index in [9.17, 15) is 8.42 Å². The van der Waals surface area contributed by atoms with Crippen molar-refractivity contribution in [1.82, 2.24) is 0 Å².